The van der Waals surface area contributed by atoms with Gasteiger partial charge in [-0.3, -0.25) is 9.59 Å². The maximum Gasteiger partial charge on any atom is 0.242 e. The molecular weight excluding hydrogens is 144 g/mol. The van der Waals surface area contributed by atoms with E-state index in [-0.39, 0.29) is 17.9 Å². The molecule has 0 radical (unpaired) electrons. The number of nitrogens with zero attached hydrogens (tertiary/aromatic N) is 1. The van der Waals surface area contributed by atoms with Gasteiger partial charge >= 0.3 is 0 Å². The largest absolute Gasteiger partial charge is 0.353 e. The van der Waals surface area contributed by atoms with Crippen LogP contribution >= 0.6 is 0 Å². The predicted molar refractivity (Wildman–Crippen MR) is 39.9 cm³/mol. The minimum Gasteiger partial charge on any atom is -0.353 e. The number of piperazine rings is 1. The Bertz CT molecular complexity index is 191. The van der Waals surface area contributed by atoms with E-state index in [2.05, 4.69) is 5.32 Å². The average Bonchev–Trinajstić information content (AvgIpc) is 1.94. The molecule has 0 aromatic rings. The quantitative estimate of drug-likeness (QED) is 0.507. The summed E-state index contributed by atoms with van der Waals surface area (Å²) in [7, 11) is 0. The van der Waals surface area contributed by atoms with E-state index >= 15 is 0 Å². The topological polar surface area (TPSA) is 49.4 Å². The van der Waals surface area contributed by atoms with Crippen LogP contribution < -0.4 is 5.32 Å². The van der Waals surface area contributed by atoms with Crippen LogP contribution in [0.1, 0.15) is 13.8 Å². The van der Waals surface area contributed by atoms with Gasteiger partial charge in [0.1, 0.15) is 6.04 Å². The van der Waals surface area contributed by atoms with Crippen molar-refractivity contribution < 1.29 is 9.59 Å². The molecule has 0 saturated carbocycles. The molecule has 1 fully saturated rings. The summed E-state index contributed by atoms with van der Waals surface area (Å²) in [6.45, 7) is 4.41. The lowest BCUT2D eigenvalue weighted by molar-refractivity contribution is -0.140. The van der Waals surface area contributed by atoms with Crippen molar-refractivity contribution in [2.24, 2.45) is 0 Å². The lowest BCUT2D eigenvalue weighted by atomic mass is 10.2. The van der Waals surface area contributed by atoms with E-state index in [0.717, 1.165) is 0 Å². The highest BCUT2D eigenvalue weighted by atomic mass is 16.2. The fourth-order valence-electron chi connectivity index (χ4n) is 1.21. The second-order valence-electron chi connectivity index (χ2n) is 2.68. The third-order valence-electron chi connectivity index (χ3n) is 1.90. The van der Waals surface area contributed by atoms with Gasteiger partial charge in [0.15, 0.2) is 0 Å². The molecule has 1 saturated heterocycles. The summed E-state index contributed by atoms with van der Waals surface area (Å²) in [4.78, 5) is 23.5. The normalized spacial score (nSPS) is 24.7. The average molecular weight is 156 g/mol. The van der Waals surface area contributed by atoms with E-state index in [9.17, 15) is 9.59 Å². The van der Waals surface area contributed by atoms with Crippen LogP contribution in [0.3, 0.4) is 0 Å². The Hall–Kier alpha value is -1.06. The first kappa shape index (κ1) is 8.04. The highest BCUT2D eigenvalue weighted by Gasteiger charge is 2.26. The molecule has 4 nitrogen and oxygen atoms in total. The Morgan fingerprint density at radius 1 is 1.73 bits per heavy atom. The molecule has 0 unspecified atom stereocenters. The van der Waals surface area contributed by atoms with Gasteiger partial charge in [0.2, 0.25) is 11.8 Å². The lowest BCUT2D eigenvalue weighted by Crippen LogP contribution is -2.55. The summed E-state index contributed by atoms with van der Waals surface area (Å²) in [5, 5.41) is 2.68. The Morgan fingerprint density at radius 2 is 2.36 bits per heavy atom. The van der Waals surface area contributed by atoms with E-state index in [0.29, 0.717) is 13.1 Å². The number of carbonyl (C=O) groups excluding carboxylic acids is 2. The number of hydrogen-bond donors (Lipinski definition) is 1. The Kier molecular flexibility index (Phi) is 2.12. The van der Waals surface area contributed by atoms with E-state index in [4.69, 9.17) is 0 Å². The van der Waals surface area contributed by atoms with Gasteiger partial charge in [-0.05, 0) is 6.92 Å². The number of nitrogens with one attached hydrogen (secondary N) is 1. The van der Waals surface area contributed by atoms with Gasteiger partial charge in [-0.25, -0.2) is 0 Å². The molecule has 0 aromatic carbocycles. The van der Waals surface area contributed by atoms with Crippen LogP contribution in [0.2, 0.25) is 0 Å². The fraction of sp³-hybridized carbons (Fsp3) is 0.714. The van der Waals surface area contributed by atoms with Crippen molar-refractivity contribution in [1.29, 1.82) is 0 Å². The second kappa shape index (κ2) is 2.90. The summed E-state index contributed by atoms with van der Waals surface area (Å²) >= 11 is 0. The SMILES string of the molecule is CC(=O)N1CCNC(=O)[C@H]1C. The molecule has 0 aromatic heterocycles. The molecule has 1 aliphatic rings. The molecule has 1 aliphatic heterocycles. The molecule has 1 rings (SSSR count). The predicted octanol–water partition coefficient (Wildman–Crippen LogP) is -0.647. The maximum atomic E-state index is 11.0. The summed E-state index contributed by atoms with van der Waals surface area (Å²) in [6.07, 6.45) is 0. The molecule has 0 aliphatic carbocycles. The van der Waals surface area contributed by atoms with Crippen LogP contribution in [0.5, 0.6) is 0 Å². The lowest BCUT2D eigenvalue weighted by Gasteiger charge is -2.31. The monoisotopic (exact) mass is 156 g/mol. The zero-order valence-corrected chi connectivity index (χ0v) is 6.76. The first-order chi connectivity index (χ1) is 5.13. The van der Waals surface area contributed by atoms with Crippen molar-refractivity contribution in [3.05, 3.63) is 0 Å². The third-order valence-corrected chi connectivity index (χ3v) is 1.90. The number of carbonyl (C=O) groups is 2. The Balaban J connectivity index is 2.65. The first-order valence-electron chi connectivity index (χ1n) is 3.68. The van der Waals surface area contributed by atoms with Crippen LogP contribution in [0.25, 0.3) is 0 Å². The van der Waals surface area contributed by atoms with Crippen LogP contribution in [0.4, 0.5) is 0 Å². The molecule has 11 heavy (non-hydrogen) atoms. The summed E-state index contributed by atoms with van der Waals surface area (Å²) < 4.78 is 0. The molecule has 0 bridgehead atoms. The van der Waals surface area contributed by atoms with Crippen molar-refractivity contribution in [3.63, 3.8) is 0 Å². The van der Waals surface area contributed by atoms with Crippen molar-refractivity contribution in [2.75, 3.05) is 13.1 Å². The maximum absolute atomic E-state index is 11.0. The summed E-state index contributed by atoms with van der Waals surface area (Å²) in [6, 6.07) is -0.304. The van der Waals surface area contributed by atoms with Gasteiger partial charge in [0.05, 0.1) is 0 Å². The van der Waals surface area contributed by atoms with Gasteiger partial charge in [0, 0.05) is 20.0 Å². The van der Waals surface area contributed by atoms with Gasteiger partial charge < -0.3 is 10.2 Å². The zero-order chi connectivity index (χ0) is 8.43. The number of amides is 2. The van der Waals surface area contributed by atoms with Gasteiger partial charge in [-0.15, -0.1) is 0 Å². The van der Waals surface area contributed by atoms with Gasteiger partial charge in [-0.1, -0.05) is 0 Å². The summed E-state index contributed by atoms with van der Waals surface area (Å²) in [5.74, 6) is -0.0983. The van der Waals surface area contributed by atoms with Crippen molar-refractivity contribution in [2.45, 2.75) is 19.9 Å². The molecule has 2 amide bonds. The summed E-state index contributed by atoms with van der Waals surface area (Å²) in [5.41, 5.74) is 0. The third kappa shape index (κ3) is 1.50. The van der Waals surface area contributed by atoms with Crippen LogP contribution in [0.15, 0.2) is 0 Å². The molecule has 1 heterocycles. The van der Waals surface area contributed by atoms with Gasteiger partial charge in [-0.2, -0.15) is 0 Å². The van der Waals surface area contributed by atoms with Crippen molar-refractivity contribution >= 4 is 11.8 Å². The van der Waals surface area contributed by atoms with Crippen molar-refractivity contribution in [1.82, 2.24) is 10.2 Å². The van der Waals surface area contributed by atoms with Crippen LogP contribution in [-0.2, 0) is 9.59 Å². The second-order valence-corrected chi connectivity index (χ2v) is 2.68. The van der Waals surface area contributed by atoms with Gasteiger partial charge in [0.25, 0.3) is 0 Å². The molecule has 4 heteroatoms. The van der Waals surface area contributed by atoms with Crippen LogP contribution in [-0.4, -0.2) is 35.8 Å². The van der Waals surface area contributed by atoms with E-state index in [1.54, 1.807) is 11.8 Å². The van der Waals surface area contributed by atoms with E-state index in [1.807, 2.05) is 0 Å². The minimum absolute atomic E-state index is 0.0349. The number of rotatable bonds is 0. The molecule has 1 N–H and O–H groups in total. The van der Waals surface area contributed by atoms with Crippen molar-refractivity contribution in [3.8, 4) is 0 Å². The first-order valence-corrected chi connectivity index (χ1v) is 3.68. The number of hydrogen-bond acceptors (Lipinski definition) is 2. The molecular formula is C7H12N2O2. The molecule has 1 atom stereocenters. The smallest absolute Gasteiger partial charge is 0.242 e. The molecule has 62 valence electrons. The fourth-order valence-corrected chi connectivity index (χ4v) is 1.21. The highest BCUT2D eigenvalue weighted by Crippen LogP contribution is 2.02. The van der Waals surface area contributed by atoms with E-state index in [1.165, 1.54) is 6.92 Å². The Morgan fingerprint density at radius 3 is 2.82 bits per heavy atom. The molecule has 0 spiro atoms. The van der Waals surface area contributed by atoms with E-state index < -0.39 is 0 Å². The minimum atomic E-state index is -0.304. The highest BCUT2D eigenvalue weighted by molar-refractivity contribution is 5.87. The van der Waals surface area contributed by atoms with Crippen LogP contribution in [0, 0.1) is 0 Å². The Labute approximate surface area is 65.6 Å². The zero-order valence-electron chi connectivity index (χ0n) is 6.76. The standard InChI is InChI=1S/C7H12N2O2/c1-5-7(11)8-3-4-9(5)6(2)10/h5H,3-4H2,1-2H3,(H,8,11)/t5-/m1/s1.